The average molecular weight is 182 g/mol. The van der Waals surface area contributed by atoms with Crippen LogP contribution in [0.1, 0.15) is 24.8 Å². The van der Waals surface area contributed by atoms with Gasteiger partial charge in [-0.2, -0.15) is 0 Å². The van der Waals surface area contributed by atoms with Crippen LogP contribution in [-0.2, 0) is 4.74 Å². The third-order valence-electron chi connectivity index (χ3n) is 1.49. The molecular weight excluding hydrogens is 168 g/mol. The van der Waals surface area contributed by atoms with Gasteiger partial charge in [-0.3, -0.25) is 0 Å². The molecule has 66 valence electrons. The van der Waals surface area contributed by atoms with Crippen molar-refractivity contribution in [2.45, 2.75) is 25.4 Å². The molecule has 0 aromatic heterocycles. The second-order valence-corrected chi connectivity index (χ2v) is 3.42. The number of hydrogen-bond acceptors (Lipinski definition) is 2. The van der Waals surface area contributed by atoms with Gasteiger partial charge in [-0.25, -0.2) is 0 Å². The van der Waals surface area contributed by atoms with Crippen LogP contribution in [0.2, 0.25) is 0 Å². The Morgan fingerprint density at radius 1 is 1.17 bits per heavy atom. The van der Waals surface area contributed by atoms with Crippen LogP contribution >= 0.6 is 12.6 Å². The molecule has 0 heterocycles. The maximum Gasteiger partial charge on any atom is 0.126 e. The van der Waals surface area contributed by atoms with Gasteiger partial charge >= 0.3 is 0 Å². The fourth-order valence-electron chi connectivity index (χ4n) is 0.954. The highest BCUT2D eigenvalue weighted by molar-refractivity contribution is 7.80. The van der Waals surface area contributed by atoms with Gasteiger partial charge in [0.2, 0.25) is 0 Å². The summed E-state index contributed by atoms with van der Waals surface area (Å²) in [6.45, 7) is 4.01. The predicted molar refractivity (Wildman–Crippen MR) is 54.4 cm³/mol. The van der Waals surface area contributed by atoms with Crippen LogP contribution in [0.5, 0.6) is 0 Å². The molecule has 0 aliphatic carbocycles. The van der Waals surface area contributed by atoms with Crippen LogP contribution in [0.15, 0.2) is 30.3 Å². The van der Waals surface area contributed by atoms with Crippen molar-refractivity contribution in [2.24, 2.45) is 0 Å². The third-order valence-corrected chi connectivity index (χ3v) is 1.91. The first-order chi connectivity index (χ1) is 5.70. The van der Waals surface area contributed by atoms with E-state index in [0.717, 1.165) is 5.56 Å². The molecular formula is C10H14OS. The van der Waals surface area contributed by atoms with Gasteiger partial charge in [0, 0.05) is 0 Å². The molecule has 1 rings (SSSR count). The zero-order valence-electron chi connectivity index (χ0n) is 7.40. The van der Waals surface area contributed by atoms with Crippen molar-refractivity contribution < 1.29 is 4.74 Å². The number of benzene rings is 1. The second-order valence-electron chi connectivity index (χ2n) is 2.95. The molecule has 0 aliphatic rings. The number of rotatable bonds is 3. The molecule has 0 saturated carbocycles. The highest BCUT2D eigenvalue weighted by atomic mass is 32.1. The summed E-state index contributed by atoms with van der Waals surface area (Å²) in [4.78, 5) is 0. The molecule has 1 atom stereocenters. The Labute approximate surface area is 79.2 Å². The van der Waals surface area contributed by atoms with Crippen molar-refractivity contribution in [3.05, 3.63) is 35.9 Å². The Kier molecular flexibility index (Phi) is 3.63. The maximum atomic E-state index is 5.50. The van der Waals surface area contributed by atoms with E-state index in [9.17, 15) is 0 Å². The minimum atomic E-state index is -0.105. The molecule has 1 aromatic rings. The Bertz CT molecular complexity index is 221. The van der Waals surface area contributed by atoms with Crippen molar-refractivity contribution in [1.82, 2.24) is 0 Å². The molecule has 0 bridgehead atoms. The number of hydrogen-bond donors (Lipinski definition) is 1. The standard InChI is InChI=1S/C10H14OS/c1-8(2)11-10(12)9-6-4-3-5-7-9/h3-8,10,12H,1-2H3. The fourth-order valence-corrected chi connectivity index (χ4v) is 1.37. The van der Waals surface area contributed by atoms with E-state index in [-0.39, 0.29) is 11.5 Å². The maximum absolute atomic E-state index is 5.50. The van der Waals surface area contributed by atoms with Crippen LogP contribution in [0, 0.1) is 0 Å². The first-order valence-corrected chi connectivity index (χ1v) is 4.60. The Hall–Kier alpha value is -0.470. The van der Waals surface area contributed by atoms with E-state index in [4.69, 9.17) is 4.74 Å². The molecule has 0 fully saturated rings. The topological polar surface area (TPSA) is 9.23 Å². The largest absolute Gasteiger partial charge is 0.360 e. The molecule has 0 N–H and O–H groups in total. The van der Waals surface area contributed by atoms with Gasteiger partial charge in [0.15, 0.2) is 0 Å². The second kappa shape index (κ2) is 4.53. The van der Waals surface area contributed by atoms with Crippen LogP contribution in [0.3, 0.4) is 0 Å². The van der Waals surface area contributed by atoms with Crippen LogP contribution in [0.4, 0.5) is 0 Å². The highest BCUT2D eigenvalue weighted by Gasteiger charge is 2.06. The normalized spacial score (nSPS) is 13.3. The van der Waals surface area contributed by atoms with Gasteiger partial charge < -0.3 is 4.74 Å². The SMILES string of the molecule is CC(C)OC(S)c1ccccc1. The lowest BCUT2D eigenvalue weighted by Gasteiger charge is -2.14. The molecule has 0 amide bonds. The molecule has 0 saturated heterocycles. The van der Waals surface area contributed by atoms with Gasteiger partial charge in [-0.05, 0) is 19.4 Å². The number of ether oxygens (including phenoxy) is 1. The lowest BCUT2D eigenvalue weighted by atomic mass is 10.2. The predicted octanol–water partition coefficient (Wildman–Crippen LogP) is 3.04. The van der Waals surface area contributed by atoms with E-state index in [0.29, 0.717) is 0 Å². The van der Waals surface area contributed by atoms with E-state index in [1.807, 2.05) is 44.2 Å². The first kappa shape index (κ1) is 9.62. The van der Waals surface area contributed by atoms with Crippen molar-refractivity contribution in [2.75, 3.05) is 0 Å². The summed E-state index contributed by atoms with van der Waals surface area (Å²) in [5, 5.41) is 0. The summed E-state index contributed by atoms with van der Waals surface area (Å²) in [6, 6.07) is 9.99. The van der Waals surface area contributed by atoms with E-state index in [2.05, 4.69) is 12.6 Å². The first-order valence-electron chi connectivity index (χ1n) is 4.08. The summed E-state index contributed by atoms with van der Waals surface area (Å²) in [5.74, 6) is 0. The Balaban J connectivity index is 2.59. The Morgan fingerprint density at radius 2 is 1.75 bits per heavy atom. The zero-order chi connectivity index (χ0) is 8.97. The zero-order valence-corrected chi connectivity index (χ0v) is 8.29. The van der Waals surface area contributed by atoms with Crippen molar-refractivity contribution in [3.8, 4) is 0 Å². The van der Waals surface area contributed by atoms with E-state index >= 15 is 0 Å². The van der Waals surface area contributed by atoms with Crippen molar-refractivity contribution in [1.29, 1.82) is 0 Å². The molecule has 2 heteroatoms. The summed E-state index contributed by atoms with van der Waals surface area (Å²) >= 11 is 4.34. The van der Waals surface area contributed by atoms with Gasteiger partial charge in [0.25, 0.3) is 0 Å². The van der Waals surface area contributed by atoms with E-state index in [1.165, 1.54) is 0 Å². The summed E-state index contributed by atoms with van der Waals surface area (Å²) in [7, 11) is 0. The molecule has 1 nitrogen and oxygen atoms in total. The smallest absolute Gasteiger partial charge is 0.126 e. The van der Waals surface area contributed by atoms with Crippen LogP contribution < -0.4 is 0 Å². The minimum Gasteiger partial charge on any atom is -0.360 e. The van der Waals surface area contributed by atoms with Crippen molar-refractivity contribution in [3.63, 3.8) is 0 Å². The molecule has 0 aliphatic heterocycles. The van der Waals surface area contributed by atoms with E-state index in [1.54, 1.807) is 0 Å². The summed E-state index contributed by atoms with van der Waals surface area (Å²) in [6.07, 6.45) is 0.215. The average Bonchev–Trinajstić information content (AvgIpc) is 2.05. The molecule has 1 unspecified atom stereocenters. The molecule has 1 aromatic carbocycles. The fraction of sp³-hybridized carbons (Fsp3) is 0.400. The molecule has 0 radical (unpaired) electrons. The van der Waals surface area contributed by atoms with Gasteiger partial charge in [0.1, 0.15) is 5.44 Å². The minimum absolute atomic E-state index is 0.105. The van der Waals surface area contributed by atoms with Gasteiger partial charge in [-0.15, -0.1) is 12.6 Å². The van der Waals surface area contributed by atoms with Crippen LogP contribution in [0.25, 0.3) is 0 Å². The quantitative estimate of drug-likeness (QED) is 0.558. The highest BCUT2D eigenvalue weighted by Crippen LogP contribution is 2.21. The third kappa shape index (κ3) is 2.88. The lowest BCUT2D eigenvalue weighted by Crippen LogP contribution is -2.05. The van der Waals surface area contributed by atoms with E-state index < -0.39 is 0 Å². The summed E-state index contributed by atoms with van der Waals surface area (Å²) in [5.41, 5.74) is 1.00. The lowest BCUT2D eigenvalue weighted by molar-refractivity contribution is 0.0603. The van der Waals surface area contributed by atoms with Gasteiger partial charge in [-0.1, -0.05) is 30.3 Å². The van der Waals surface area contributed by atoms with Crippen LogP contribution in [-0.4, -0.2) is 6.10 Å². The molecule has 12 heavy (non-hydrogen) atoms. The Morgan fingerprint density at radius 3 is 2.25 bits per heavy atom. The van der Waals surface area contributed by atoms with Gasteiger partial charge in [0.05, 0.1) is 6.10 Å². The number of thiol groups is 1. The van der Waals surface area contributed by atoms with Crippen molar-refractivity contribution >= 4 is 12.6 Å². The molecule has 0 spiro atoms. The summed E-state index contributed by atoms with van der Waals surface area (Å²) < 4.78 is 5.50. The monoisotopic (exact) mass is 182 g/mol.